The van der Waals surface area contributed by atoms with Gasteiger partial charge in [0.15, 0.2) is 5.38 Å². The lowest BCUT2D eigenvalue weighted by Gasteiger charge is -2.14. The highest BCUT2D eigenvalue weighted by Gasteiger charge is 2.40. The van der Waals surface area contributed by atoms with Crippen LogP contribution in [0, 0.1) is 11.6 Å². The van der Waals surface area contributed by atoms with E-state index >= 15 is 0 Å². The van der Waals surface area contributed by atoms with Crippen LogP contribution in [0.25, 0.3) is 0 Å². The van der Waals surface area contributed by atoms with Gasteiger partial charge < -0.3 is 0 Å². The van der Waals surface area contributed by atoms with Crippen molar-refractivity contribution in [2.75, 3.05) is 0 Å². The number of alkyl halides is 4. The van der Waals surface area contributed by atoms with Gasteiger partial charge in [0.05, 0.1) is 0 Å². The number of hydrogen-bond acceptors (Lipinski definition) is 0. The smallest absolute Gasteiger partial charge is 0.207 e. The molecule has 0 N–H and O–H groups in total. The first-order valence-corrected chi connectivity index (χ1v) is 3.91. The summed E-state index contributed by atoms with van der Waals surface area (Å²) in [5.41, 5.74) is -0.904. The molecule has 0 fully saturated rings. The molecule has 0 heterocycles. The van der Waals surface area contributed by atoms with Gasteiger partial charge in [0.1, 0.15) is 11.6 Å². The molecule has 0 aliphatic heterocycles. The summed E-state index contributed by atoms with van der Waals surface area (Å²) in [5.74, 6) is -2.14. The van der Waals surface area contributed by atoms with Crippen molar-refractivity contribution < 1.29 is 22.0 Å². The Labute approximate surface area is 81.3 Å². The van der Waals surface area contributed by atoms with Gasteiger partial charge in [-0.15, -0.1) is 11.6 Å². The van der Waals surface area contributed by atoms with Gasteiger partial charge in [-0.25, -0.2) is 8.78 Å². The van der Waals surface area contributed by atoms with Crippen molar-refractivity contribution in [2.24, 2.45) is 0 Å². The Hall–Kier alpha value is -0.840. The van der Waals surface area contributed by atoms with Crippen molar-refractivity contribution in [3.63, 3.8) is 0 Å². The van der Waals surface area contributed by atoms with E-state index in [4.69, 9.17) is 11.6 Å². The molecule has 0 spiro atoms. The normalized spacial score (nSPS) is 14.1. The van der Waals surface area contributed by atoms with Crippen LogP contribution in [-0.4, -0.2) is 6.18 Å². The molecule has 0 aliphatic carbocycles. The third kappa shape index (κ3) is 2.35. The van der Waals surface area contributed by atoms with Crippen LogP contribution in [-0.2, 0) is 0 Å². The minimum atomic E-state index is -4.80. The summed E-state index contributed by atoms with van der Waals surface area (Å²) < 4.78 is 61.4. The van der Waals surface area contributed by atoms with E-state index in [0.717, 1.165) is 6.07 Å². The lowest BCUT2D eigenvalue weighted by atomic mass is 10.1. The lowest BCUT2D eigenvalue weighted by molar-refractivity contribution is -0.132. The van der Waals surface area contributed by atoms with Gasteiger partial charge >= 0.3 is 6.18 Å². The predicted octanol–water partition coefficient (Wildman–Crippen LogP) is 3.81. The van der Waals surface area contributed by atoms with Crippen molar-refractivity contribution in [3.05, 3.63) is 35.4 Å². The zero-order valence-electron chi connectivity index (χ0n) is 6.58. The highest BCUT2D eigenvalue weighted by atomic mass is 35.5. The van der Waals surface area contributed by atoms with Crippen LogP contribution in [0.4, 0.5) is 22.0 Å². The molecule has 0 aromatic heterocycles. The SMILES string of the molecule is Fc1ccc(F)c(C(Cl)C(F)(F)F)c1. The fraction of sp³-hybridized carbons (Fsp3) is 0.250. The summed E-state index contributed by atoms with van der Waals surface area (Å²) in [6.07, 6.45) is -4.80. The fourth-order valence-corrected chi connectivity index (χ4v) is 1.05. The molecular weight excluding hydrogens is 227 g/mol. The van der Waals surface area contributed by atoms with E-state index in [1.807, 2.05) is 0 Å². The van der Waals surface area contributed by atoms with Crippen LogP contribution < -0.4 is 0 Å². The third-order valence-electron chi connectivity index (χ3n) is 1.52. The average molecular weight is 231 g/mol. The Kier molecular flexibility index (Phi) is 2.99. The summed E-state index contributed by atoms with van der Waals surface area (Å²) in [6.45, 7) is 0. The van der Waals surface area contributed by atoms with Gasteiger partial charge in [0, 0.05) is 5.56 Å². The molecule has 1 unspecified atom stereocenters. The summed E-state index contributed by atoms with van der Waals surface area (Å²) >= 11 is 4.93. The second-order valence-corrected chi connectivity index (χ2v) is 3.01. The van der Waals surface area contributed by atoms with Crippen molar-refractivity contribution in [1.29, 1.82) is 0 Å². The van der Waals surface area contributed by atoms with E-state index in [-0.39, 0.29) is 0 Å². The predicted molar refractivity (Wildman–Crippen MR) is 41.0 cm³/mol. The van der Waals surface area contributed by atoms with Gasteiger partial charge in [0.25, 0.3) is 0 Å². The first-order valence-electron chi connectivity index (χ1n) is 3.48. The largest absolute Gasteiger partial charge is 0.409 e. The molecule has 0 bridgehead atoms. The van der Waals surface area contributed by atoms with E-state index < -0.39 is 28.8 Å². The van der Waals surface area contributed by atoms with Crippen molar-refractivity contribution in [3.8, 4) is 0 Å². The molecule has 0 aliphatic rings. The molecule has 14 heavy (non-hydrogen) atoms. The van der Waals surface area contributed by atoms with E-state index in [2.05, 4.69) is 0 Å². The van der Waals surface area contributed by atoms with Crippen molar-refractivity contribution in [1.82, 2.24) is 0 Å². The molecule has 78 valence electrons. The molecule has 6 heteroatoms. The van der Waals surface area contributed by atoms with Crippen LogP contribution in [0.2, 0.25) is 0 Å². The Morgan fingerprint density at radius 2 is 1.71 bits per heavy atom. The lowest BCUT2D eigenvalue weighted by Crippen LogP contribution is -2.17. The molecule has 1 aromatic carbocycles. The van der Waals surface area contributed by atoms with E-state index in [0.29, 0.717) is 12.1 Å². The quantitative estimate of drug-likeness (QED) is 0.508. The molecular formula is C8H4ClF5. The van der Waals surface area contributed by atoms with Crippen LogP contribution >= 0.6 is 11.6 Å². The van der Waals surface area contributed by atoms with Crippen LogP contribution in [0.1, 0.15) is 10.9 Å². The summed E-state index contributed by atoms with van der Waals surface area (Å²) in [6, 6.07) is 1.76. The standard InChI is InChI=1S/C8H4ClF5/c9-7(8(12,13)14)5-3-4(10)1-2-6(5)11/h1-3,7H. The summed E-state index contributed by atoms with van der Waals surface area (Å²) in [4.78, 5) is 0. The van der Waals surface area contributed by atoms with Crippen molar-refractivity contribution in [2.45, 2.75) is 11.6 Å². The second kappa shape index (κ2) is 3.73. The third-order valence-corrected chi connectivity index (χ3v) is 2.00. The maximum absolute atomic E-state index is 12.8. The number of hydrogen-bond donors (Lipinski definition) is 0. The molecule has 0 nitrogen and oxygen atoms in total. The Bertz CT molecular complexity index is 333. The number of halogens is 6. The summed E-state index contributed by atoms with van der Waals surface area (Å²) in [5, 5.41) is -2.53. The molecule has 0 amide bonds. The van der Waals surface area contributed by atoms with Crippen LogP contribution in [0.3, 0.4) is 0 Å². The topological polar surface area (TPSA) is 0 Å². The minimum Gasteiger partial charge on any atom is -0.207 e. The zero-order valence-corrected chi connectivity index (χ0v) is 7.33. The number of benzene rings is 1. The molecule has 1 rings (SSSR count). The monoisotopic (exact) mass is 230 g/mol. The Balaban J connectivity index is 3.12. The van der Waals surface area contributed by atoms with Gasteiger partial charge in [-0.05, 0) is 18.2 Å². The second-order valence-electron chi connectivity index (χ2n) is 2.57. The Morgan fingerprint density at radius 3 is 2.21 bits per heavy atom. The van der Waals surface area contributed by atoms with Gasteiger partial charge in [-0.2, -0.15) is 13.2 Å². The molecule has 1 aromatic rings. The van der Waals surface area contributed by atoms with E-state index in [1.54, 1.807) is 0 Å². The van der Waals surface area contributed by atoms with Crippen LogP contribution in [0.5, 0.6) is 0 Å². The summed E-state index contributed by atoms with van der Waals surface area (Å²) in [7, 11) is 0. The van der Waals surface area contributed by atoms with Crippen LogP contribution in [0.15, 0.2) is 18.2 Å². The molecule has 0 saturated carbocycles. The molecule has 0 radical (unpaired) electrons. The fourth-order valence-electron chi connectivity index (χ4n) is 0.885. The average Bonchev–Trinajstić information content (AvgIpc) is 2.06. The maximum Gasteiger partial charge on any atom is 0.409 e. The highest BCUT2D eigenvalue weighted by Crippen LogP contribution is 2.39. The molecule has 0 saturated heterocycles. The van der Waals surface area contributed by atoms with E-state index in [9.17, 15) is 22.0 Å². The van der Waals surface area contributed by atoms with Gasteiger partial charge in [0.2, 0.25) is 0 Å². The van der Waals surface area contributed by atoms with Crippen molar-refractivity contribution >= 4 is 11.6 Å². The Morgan fingerprint density at radius 1 is 1.14 bits per heavy atom. The highest BCUT2D eigenvalue weighted by molar-refractivity contribution is 6.21. The first-order chi connectivity index (χ1) is 6.32. The zero-order chi connectivity index (χ0) is 10.9. The van der Waals surface area contributed by atoms with Gasteiger partial charge in [-0.1, -0.05) is 0 Å². The first kappa shape index (κ1) is 11.2. The minimum absolute atomic E-state index is 0.431. The maximum atomic E-state index is 12.8. The van der Waals surface area contributed by atoms with E-state index in [1.165, 1.54) is 0 Å². The molecule has 1 atom stereocenters. The van der Waals surface area contributed by atoms with Gasteiger partial charge in [-0.3, -0.25) is 0 Å². The number of rotatable bonds is 1.